The van der Waals surface area contributed by atoms with E-state index in [2.05, 4.69) is 42.2 Å². The van der Waals surface area contributed by atoms with Crippen molar-refractivity contribution in [2.45, 2.75) is 38.6 Å². The van der Waals surface area contributed by atoms with Gasteiger partial charge in [-0.3, -0.25) is 4.79 Å². The molecule has 3 nitrogen and oxygen atoms in total. The number of carbonyl (C=O) groups is 1. The highest BCUT2D eigenvalue weighted by Crippen LogP contribution is 2.26. The van der Waals surface area contributed by atoms with Crippen molar-refractivity contribution in [3.8, 4) is 0 Å². The zero-order valence-electron chi connectivity index (χ0n) is 14.3. The Morgan fingerprint density at radius 1 is 1.21 bits per heavy atom. The van der Waals surface area contributed by atoms with E-state index in [0.717, 1.165) is 24.9 Å². The van der Waals surface area contributed by atoms with Crippen molar-refractivity contribution >= 4 is 29.1 Å². The first-order valence-corrected chi connectivity index (χ1v) is 8.66. The van der Waals surface area contributed by atoms with E-state index < -0.39 is 0 Å². The standard InChI is InChI=1S/C20H26N2O.ClH/c1-15-5-4-12-22(19(15)10-11-21)20(23)14-16-8-9-17-6-2-3-7-18(17)13-16;/h2-3,6-9,13,15,19H,4-5,10-12,14,21H2,1H3;1H. The summed E-state index contributed by atoms with van der Waals surface area (Å²) in [7, 11) is 0. The molecule has 0 bridgehead atoms. The zero-order chi connectivity index (χ0) is 16.2. The van der Waals surface area contributed by atoms with E-state index in [-0.39, 0.29) is 18.3 Å². The average molecular weight is 347 g/mol. The number of fused-ring (bicyclic) bond motifs is 1. The van der Waals surface area contributed by atoms with Crippen LogP contribution in [-0.4, -0.2) is 29.9 Å². The summed E-state index contributed by atoms with van der Waals surface area (Å²) in [6, 6.07) is 14.9. The van der Waals surface area contributed by atoms with Crippen molar-refractivity contribution in [2.24, 2.45) is 11.7 Å². The van der Waals surface area contributed by atoms with Gasteiger partial charge in [0.1, 0.15) is 0 Å². The monoisotopic (exact) mass is 346 g/mol. The lowest BCUT2D eigenvalue weighted by molar-refractivity contribution is -0.135. The van der Waals surface area contributed by atoms with Crippen LogP contribution in [-0.2, 0) is 11.2 Å². The van der Waals surface area contributed by atoms with E-state index >= 15 is 0 Å². The second kappa shape index (κ2) is 8.50. The maximum Gasteiger partial charge on any atom is 0.227 e. The molecule has 0 spiro atoms. The molecule has 2 unspecified atom stereocenters. The third-order valence-electron chi connectivity index (χ3n) is 5.07. The number of hydrogen-bond acceptors (Lipinski definition) is 2. The van der Waals surface area contributed by atoms with Crippen LogP contribution in [0.2, 0.25) is 0 Å². The Balaban J connectivity index is 0.00000208. The quantitative estimate of drug-likeness (QED) is 0.915. The SMILES string of the molecule is CC1CCCN(C(=O)Cc2ccc3ccccc3c2)C1CCN.Cl. The lowest BCUT2D eigenvalue weighted by Gasteiger charge is -2.40. The number of carbonyl (C=O) groups excluding carboxylic acids is 1. The van der Waals surface area contributed by atoms with Crippen LogP contribution in [0.25, 0.3) is 10.8 Å². The Morgan fingerprint density at radius 2 is 1.96 bits per heavy atom. The number of nitrogens with two attached hydrogens (primary N) is 1. The van der Waals surface area contributed by atoms with Crippen LogP contribution in [0.5, 0.6) is 0 Å². The average Bonchev–Trinajstić information content (AvgIpc) is 2.56. The fourth-order valence-electron chi connectivity index (χ4n) is 3.79. The molecule has 1 amide bonds. The highest BCUT2D eigenvalue weighted by atomic mass is 35.5. The summed E-state index contributed by atoms with van der Waals surface area (Å²) in [5.41, 5.74) is 6.86. The van der Waals surface area contributed by atoms with E-state index in [9.17, 15) is 4.79 Å². The minimum Gasteiger partial charge on any atom is -0.339 e. The molecule has 24 heavy (non-hydrogen) atoms. The van der Waals surface area contributed by atoms with Gasteiger partial charge in [-0.2, -0.15) is 0 Å². The predicted octanol–water partition coefficient (Wildman–Crippen LogP) is 3.78. The largest absolute Gasteiger partial charge is 0.339 e. The van der Waals surface area contributed by atoms with Crippen molar-refractivity contribution in [3.05, 3.63) is 48.0 Å². The second-order valence-corrected chi connectivity index (χ2v) is 6.71. The molecule has 130 valence electrons. The van der Waals surface area contributed by atoms with Crippen molar-refractivity contribution in [1.82, 2.24) is 4.90 Å². The predicted molar refractivity (Wildman–Crippen MR) is 102 cm³/mol. The number of benzene rings is 2. The van der Waals surface area contributed by atoms with E-state index in [1.54, 1.807) is 0 Å². The first kappa shape index (κ1) is 18.8. The number of hydrogen-bond donors (Lipinski definition) is 1. The summed E-state index contributed by atoms with van der Waals surface area (Å²) in [5, 5.41) is 2.42. The van der Waals surface area contributed by atoms with Crippen LogP contribution in [0.4, 0.5) is 0 Å². The van der Waals surface area contributed by atoms with Crippen LogP contribution in [0.15, 0.2) is 42.5 Å². The van der Waals surface area contributed by atoms with E-state index in [1.165, 1.54) is 17.2 Å². The third-order valence-corrected chi connectivity index (χ3v) is 5.07. The van der Waals surface area contributed by atoms with Gasteiger partial charge >= 0.3 is 0 Å². The topological polar surface area (TPSA) is 46.3 Å². The van der Waals surface area contributed by atoms with Crippen molar-refractivity contribution in [3.63, 3.8) is 0 Å². The van der Waals surface area contributed by atoms with Crippen molar-refractivity contribution in [1.29, 1.82) is 0 Å². The first-order chi connectivity index (χ1) is 11.2. The summed E-state index contributed by atoms with van der Waals surface area (Å²) in [6.07, 6.45) is 3.69. The first-order valence-electron chi connectivity index (χ1n) is 8.66. The highest BCUT2D eigenvalue weighted by molar-refractivity contribution is 5.86. The Bertz CT molecular complexity index is 688. The molecule has 2 N–H and O–H groups in total. The number of rotatable bonds is 4. The van der Waals surface area contributed by atoms with Crippen LogP contribution in [0, 0.1) is 5.92 Å². The van der Waals surface area contributed by atoms with Gasteiger partial charge in [0.2, 0.25) is 5.91 Å². The minimum absolute atomic E-state index is 0. The molecule has 2 aromatic rings. The third kappa shape index (κ3) is 4.08. The van der Waals surface area contributed by atoms with Crippen molar-refractivity contribution < 1.29 is 4.79 Å². The smallest absolute Gasteiger partial charge is 0.227 e. The van der Waals surface area contributed by atoms with Crippen LogP contribution in [0.1, 0.15) is 31.7 Å². The van der Waals surface area contributed by atoms with Gasteiger partial charge in [-0.15, -0.1) is 12.4 Å². The number of amides is 1. The molecular formula is C20H27ClN2O. The number of likely N-dealkylation sites (tertiary alicyclic amines) is 1. The fourth-order valence-corrected chi connectivity index (χ4v) is 3.79. The lowest BCUT2D eigenvalue weighted by atomic mass is 9.88. The molecule has 1 aliphatic rings. The molecule has 2 aromatic carbocycles. The van der Waals surface area contributed by atoms with E-state index in [4.69, 9.17) is 5.73 Å². The van der Waals surface area contributed by atoms with Gasteiger partial charge in [0.25, 0.3) is 0 Å². The van der Waals surface area contributed by atoms with Gasteiger partial charge in [0.05, 0.1) is 6.42 Å². The molecule has 2 atom stereocenters. The minimum atomic E-state index is 0. The van der Waals surface area contributed by atoms with Crippen LogP contribution >= 0.6 is 12.4 Å². The zero-order valence-corrected chi connectivity index (χ0v) is 15.1. The van der Waals surface area contributed by atoms with Gasteiger partial charge in [0.15, 0.2) is 0 Å². The van der Waals surface area contributed by atoms with Crippen LogP contribution in [0.3, 0.4) is 0 Å². The van der Waals surface area contributed by atoms with Gasteiger partial charge in [0, 0.05) is 12.6 Å². The summed E-state index contributed by atoms with van der Waals surface area (Å²) in [5.74, 6) is 0.790. The van der Waals surface area contributed by atoms with Crippen LogP contribution < -0.4 is 5.73 Å². The second-order valence-electron chi connectivity index (χ2n) is 6.71. The van der Waals surface area contributed by atoms with E-state index in [1.807, 2.05) is 12.1 Å². The molecular weight excluding hydrogens is 320 g/mol. The molecule has 4 heteroatoms. The van der Waals surface area contributed by atoms with E-state index in [0.29, 0.717) is 24.9 Å². The summed E-state index contributed by atoms with van der Waals surface area (Å²) >= 11 is 0. The summed E-state index contributed by atoms with van der Waals surface area (Å²) in [6.45, 7) is 3.77. The Hall–Kier alpha value is -1.58. The Labute approximate surface area is 150 Å². The Kier molecular flexibility index (Phi) is 6.64. The molecule has 3 rings (SSSR count). The molecule has 1 heterocycles. The van der Waals surface area contributed by atoms with Gasteiger partial charge in [-0.05, 0) is 48.1 Å². The maximum absolute atomic E-state index is 12.8. The fraction of sp³-hybridized carbons (Fsp3) is 0.450. The maximum atomic E-state index is 12.8. The molecule has 0 saturated carbocycles. The van der Waals surface area contributed by atoms with Crippen molar-refractivity contribution in [2.75, 3.05) is 13.1 Å². The number of halogens is 1. The van der Waals surface area contributed by atoms with Gasteiger partial charge < -0.3 is 10.6 Å². The summed E-state index contributed by atoms with van der Waals surface area (Å²) in [4.78, 5) is 14.9. The number of nitrogens with zero attached hydrogens (tertiary/aromatic N) is 1. The molecule has 0 aliphatic carbocycles. The van der Waals surface area contributed by atoms with Gasteiger partial charge in [-0.1, -0.05) is 49.4 Å². The molecule has 0 radical (unpaired) electrons. The lowest BCUT2D eigenvalue weighted by Crippen LogP contribution is -2.49. The molecule has 1 saturated heterocycles. The Morgan fingerprint density at radius 3 is 2.71 bits per heavy atom. The molecule has 0 aromatic heterocycles. The number of piperidine rings is 1. The van der Waals surface area contributed by atoms with Gasteiger partial charge in [-0.25, -0.2) is 0 Å². The molecule has 1 aliphatic heterocycles. The summed E-state index contributed by atoms with van der Waals surface area (Å²) < 4.78 is 0. The molecule has 1 fully saturated rings. The normalized spacial score (nSPS) is 20.7. The highest BCUT2D eigenvalue weighted by Gasteiger charge is 2.30.